The Kier molecular flexibility index (Phi) is 2.64. The Balaban J connectivity index is 1.97. The lowest BCUT2D eigenvalue weighted by Gasteiger charge is -2.21. The normalized spacial score (nSPS) is 22.8. The fraction of sp³-hybridized carbons (Fsp3) is 0.500. The molecule has 0 radical (unpaired) electrons. The number of piperidine rings is 1. The Labute approximate surface area is 82.0 Å². The molecule has 2 heterocycles. The van der Waals surface area contributed by atoms with Gasteiger partial charge in [-0.05, 0) is 41.7 Å². The van der Waals surface area contributed by atoms with Crippen LogP contribution in [0.1, 0.15) is 18.4 Å². The summed E-state index contributed by atoms with van der Waals surface area (Å²) in [5.41, 5.74) is 1.30. The second-order valence-electron chi connectivity index (χ2n) is 3.47. The fourth-order valence-corrected chi connectivity index (χ4v) is 2.41. The van der Waals surface area contributed by atoms with E-state index in [2.05, 4.69) is 22.1 Å². The van der Waals surface area contributed by atoms with Crippen molar-refractivity contribution in [2.75, 3.05) is 6.54 Å². The van der Waals surface area contributed by atoms with Crippen LogP contribution >= 0.6 is 11.3 Å². The van der Waals surface area contributed by atoms with Gasteiger partial charge in [0.05, 0.1) is 0 Å². The van der Waals surface area contributed by atoms with Crippen molar-refractivity contribution in [2.45, 2.75) is 19.3 Å². The van der Waals surface area contributed by atoms with Gasteiger partial charge in [0, 0.05) is 12.5 Å². The molecule has 0 aromatic carbocycles. The lowest BCUT2D eigenvalue weighted by Crippen LogP contribution is -2.37. The van der Waals surface area contributed by atoms with Crippen LogP contribution in [0.25, 0.3) is 0 Å². The smallest absolute Gasteiger partial charge is 0.223 e. The van der Waals surface area contributed by atoms with Crippen molar-refractivity contribution in [1.82, 2.24) is 5.32 Å². The molecule has 0 aliphatic carbocycles. The molecule has 3 heteroatoms. The van der Waals surface area contributed by atoms with E-state index in [1.165, 1.54) is 5.56 Å². The molecule has 70 valence electrons. The highest BCUT2D eigenvalue weighted by Crippen LogP contribution is 2.18. The first-order valence-electron chi connectivity index (χ1n) is 4.65. The van der Waals surface area contributed by atoms with E-state index >= 15 is 0 Å². The minimum Gasteiger partial charge on any atom is -0.356 e. The second kappa shape index (κ2) is 3.92. The summed E-state index contributed by atoms with van der Waals surface area (Å²) in [5, 5.41) is 7.10. The van der Waals surface area contributed by atoms with Crippen molar-refractivity contribution in [2.24, 2.45) is 5.92 Å². The number of hydrogen-bond acceptors (Lipinski definition) is 2. The van der Waals surface area contributed by atoms with Crippen LogP contribution in [-0.4, -0.2) is 12.5 Å². The maximum atomic E-state index is 11.4. The third kappa shape index (κ3) is 2.10. The van der Waals surface area contributed by atoms with E-state index in [1.807, 2.05) is 0 Å². The Morgan fingerprint density at radius 2 is 2.54 bits per heavy atom. The highest BCUT2D eigenvalue weighted by molar-refractivity contribution is 7.07. The molecule has 2 nitrogen and oxygen atoms in total. The summed E-state index contributed by atoms with van der Waals surface area (Å²) in [6.45, 7) is 0.860. The molecule has 2 rings (SSSR count). The lowest BCUT2D eigenvalue weighted by atomic mass is 9.93. The lowest BCUT2D eigenvalue weighted by molar-refractivity contribution is -0.126. The molecule has 1 atom stereocenters. The van der Waals surface area contributed by atoms with E-state index in [0.717, 1.165) is 25.8 Å². The quantitative estimate of drug-likeness (QED) is 0.766. The van der Waals surface area contributed by atoms with Crippen LogP contribution in [0.5, 0.6) is 0 Å². The Morgan fingerprint density at radius 3 is 3.23 bits per heavy atom. The SMILES string of the molecule is O=C1NCCCC1Cc1ccsc1. The highest BCUT2D eigenvalue weighted by atomic mass is 32.1. The van der Waals surface area contributed by atoms with E-state index in [4.69, 9.17) is 0 Å². The van der Waals surface area contributed by atoms with Gasteiger partial charge >= 0.3 is 0 Å². The molecule has 0 spiro atoms. The van der Waals surface area contributed by atoms with Crippen LogP contribution < -0.4 is 5.32 Å². The Morgan fingerprint density at radius 1 is 1.62 bits per heavy atom. The Hall–Kier alpha value is -0.830. The summed E-state index contributed by atoms with van der Waals surface area (Å²) in [7, 11) is 0. The van der Waals surface area contributed by atoms with Crippen LogP contribution in [0.3, 0.4) is 0 Å². The number of carbonyl (C=O) groups is 1. The van der Waals surface area contributed by atoms with Gasteiger partial charge in [-0.15, -0.1) is 0 Å². The molecule has 1 aromatic heterocycles. The molecule has 1 saturated heterocycles. The first kappa shape index (κ1) is 8.75. The molecule has 1 aliphatic rings. The standard InChI is InChI=1S/C10H13NOS/c12-10-9(2-1-4-11-10)6-8-3-5-13-7-8/h3,5,7,9H,1-2,4,6H2,(H,11,12). The summed E-state index contributed by atoms with van der Waals surface area (Å²) in [4.78, 5) is 11.4. The summed E-state index contributed by atoms with van der Waals surface area (Å²) >= 11 is 1.70. The molecule has 0 bridgehead atoms. The van der Waals surface area contributed by atoms with Gasteiger partial charge in [-0.2, -0.15) is 11.3 Å². The number of carbonyl (C=O) groups excluding carboxylic acids is 1. The zero-order valence-electron chi connectivity index (χ0n) is 7.45. The minimum atomic E-state index is 0.211. The van der Waals surface area contributed by atoms with Crippen LogP contribution in [0.15, 0.2) is 16.8 Å². The zero-order valence-corrected chi connectivity index (χ0v) is 8.27. The van der Waals surface area contributed by atoms with Gasteiger partial charge in [0.25, 0.3) is 0 Å². The summed E-state index contributed by atoms with van der Waals surface area (Å²) in [6.07, 6.45) is 3.08. The molecule has 1 fully saturated rings. The highest BCUT2D eigenvalue weighted by Gasteiger charge is 2.21. The first-order valence-corrected chi connectivity index (χ1v) is 5.59. The molecular weight excluding hydrogens is 182 g/mol. The van der Waals surface area contributed by atoms with E-state index in [-0.39, 0.29) is 11.8 Å². The largest absolute Gasteiger partial charge is 0.356 e. The minimum absolute atomic E-state index is 0.211. The maximum Gasteiger partial charge on any atom is 0.223 e. The van der Waals surface area contributed by atoms with Gasteiger partial charge in [-0.25, -0.2) is 0 Å². The number of rotatable bonds is 2. The second-order valence-corrected chi connectivity index (χ2v) is 4.25. The van der Waals surface area contributed by atoms with E-state index in [1.54, 1.807) is 11.3 Å². The van der Waals surface area contributed by atoms with Crippen LogP contribution in [0, 0.1) is 5.92 Å². The van der Waals surface area contributed by atoms with Crippen LogP contribution in [-0.2, 0) is 11.2 Å². The summed E-state index contributed by atoms with van der Waals surface area (Å²) in [6, 6.07) is 2.10. The van der Waals surface area contributed by atoms with Gasteiger partial charge < -0.3 is 5.32 Å². The number of nitrogens with one attached hydrogen (secondary N) is 1. The van der Waals surface area contributed by atoms with Gasteiger partial charge in [0.2, 0.25) is 5.91 Å². The third-order valence-electron chi connectivity index (χ3n) is 2.46. The van der Waals surface area contributed by atoms with Crippen molar-refractivity contribution >= 4 is 17.2 Å². The molecular formula is C10H13NOS. The Bertz CT molecular complexity index is 281. The molecule has 1 unspecified atom stereocenters. The van der Waals surface area contributed by atoms with Crippen LogP contribution in [0.4, 0.5) is 0 Å². The van der Waals surface area contributed by atoms with Crippen molar-refractivity contribution in [3.63, 3.8) is 0 Å². The van der Waals surface area contributed by atoms with Crippen molar-refractivity contribution in [3.05, 3.63) is 22.4 Å². The monoisotopic (exact) mass is 195 g/mol. The van der Waals surface area contributed by atoms with Crippen molar-refractivity contribution in [3.8, 4) is 0 Å². The molecule has 1 aromatic rings. The summed E-state index contributed by atoms with van der Waals surface area (Å²) in [5.74, 6) is 0.445. The van der Waals surface area contributed by atoms with Gasteiger partial charge in [0.15, 0.2) is 0 Å². The average molecular weight is 195 g/mol. The number of amides is 1. The third-order valence-corrected chi connectivity index (χ3v) is 3.19. The number of hydrogen-bond donors (Lipinski definition) is 1. The molecule has 13 heavy (non-hydrogen) atoms. The molecule has 1 N–H and O–H groups in total. The van der Waals surface area contributed by atoms with E-state index in [0.29, 0.717) is 0 Å². The number of thiophene rings is 1. The van der Waals surface area contributed by atoms with Gasteiger partial charge in [0.1, 0.15) is 0 Å². The first-order chi connectivity index (χ1) is 6.36. The van der Waals surface area contributed by atoms with Gasteiger partial charge in [-0.3, -0.25) is 4.79 Å². The van der Waals surface area contributed by atoms with E-state index in [9.17, 15) is 4.79 Å². The van der Waals surface area contributed by atoms with Crippen molar-refractivity contribution in [1.29, 1.82) is 0 Å². The molecule has 0 saturated carbocycles. The topological polar surface area (TPSA) is 29.1 Å². The molecule has 1 amide bonds. The molecule has 1 aliphatic heterocycles. The predicted molar refractivity (Wildman–Crippen MR) is 53.8 cm³/mol. The maximum absolute atomic E-state index is 11.4. The van der Waals surface area contributed by atoms with Crippen molar-refractivity contribution < 1.29 is 4.79 Å². The summed E-state index contributed by atoms with van der Waals surface area (Å²) < 4.78 is 0. The van der Waals surface area contributed by atoms with E-state index < -0.39 is 0 Å². The average Bonchev–Trinajstić information content (AvgIpc) is 2.61. The fourth-order valence-electron chi connectivity index (χ4n) is 1.72. The van der Waals surface area contributed by atoms with Gasteiger partial charge in [-0.1, -0.05) is 0 Å². The van der Waals surface area contributed by atoms with Crippen LogP contribution in [0.2, 0.25) is 0 Å². The zero-order chi connectivity index (χ0) is 9.10. The predicted octanol–water partition coefficient (Wildman–Crippen LogP) is 1.82.